The number of hydrogen-bond donors (Lipinski definition) is 0. The molecule has 0 saturated heterocycles. The summed E-state index contributed by atoms with van der Waals surface area (Å²) in [6.45, 7) is 5.81. The zero-order chi connectivity index (χ0) is 21.5. The predicted octanol–water partition coefficient (Wildman–Crippen LogP) is 5.19. The summed E-state index contributed by atoms with van der Waals surface area (Å²) < 4.78 is 2.05. The molecule has 164 valence electrons. The summed E-state index contributed by atoms with van der Waals surface area (Å²) in [4.78, 5) is 19.2. The molecule has 2 unspecified atom stereocenters. The molecule has 0 bridgehead atoms. The highest BCUT2D eigenvalue weighted by atomic mass is 32.2. The highest BCUT2D eigenvalue weighted by Crippen LogP contribution is 2.38. The normalized spacial score (nSPS) is 19.2. The van der Waals surface area contributed by atoms with Crippen molar-refractivity contribution in [2.75, 3.05) is 6.54 Å². The maximum atomic E-state index is 13.1. The number of fused-ring (bicyclic) bond motifs is 2. The van der Waals surface area contributed by atoms with E-state index in [0.717, 1.165) is 36.4 Å². The van der Waals surface area contributed by atoms with E-state index >= 15 is 0 Å². The minimum Gasteiger partial charge on any atom is -0.337 e. The van der Waals surface area contributed by atoms with Gasteiger partial charge in [-0.3, -0.25) is 4.79 Å². The highest BCUT2D eigenvalue weighted by Gasteiger charge is 2.28. The van der Waals surface area contributed by atoms with Crippen molar-refractivity contribution in [3.8, 4) is 10.7 Å². The number of amides is 1. The maximum Gasteiger partial charge on any atom is 0.236 e. The average Bonchev–Trinajstić information content (AvgIpc) is 3.50. The number of carbonyl (C=O) groups excluding carboxylic acids is 1. The van der Waals surface area contributed by atoms with E-state index in [1.165, 1.54) is 63.2 Å². The van der Waals surface area contributed by atoms with Gasteiger partial charge in [-0.15, -0.1) is 32.9 Å². The van der Waals surface area contributed by atoms with Gasteiger partial charge < -0.3 is 9.47 Å². The van der Waals surface area contributed by atoms with Gasteiger partial charge in [0.1, 0.15) is 0 Å². The van der Waals surface area contributed by atoms with Crippen molar-refractivity contribution in [1.29, 1.82) is 0 Å². The minimum absolute atomic E-state index is 0.183. The standard InChI is InChI=1S/C23H28N4OS3/c1-4-15-5-6-19-17(11-15)12-20(31-19)21-24-25-23(26(21)3)30-14(2)22(28)27-9-7-18-16(13-27)8-10-29-18/h8,10,12,14-15H,4-7,9,11,13H2,1-3H3. The molecule has 5 rings (SSSR count). The SMILES string of the molecule is CCC1CCc2sc(-c3nnc(SC(C)C(=O)N4CCc5sccc5C4)n3C)cc2C1. The molecule has 2 atom stereocenters. The van der Waals surface area contributed by atoms with Crippen LogP contribution in [0.4, 0.5) is 0 Å². The van der Waals surface area contributed by atoms with E-state index in [1.807, 2.05) is 30.2 Å². The zero-order valence-corrected chi connectivity index (χ0v) is 20.7. The van der Waals surface area contributed by atoms with Gasteiger partial charge in [0.05, 0.1) is 10.1 Å². The smallest absolute Gasteiger partial charge is 0.236 e. The Morgan fingerprint density at radius 3 is 3.00 bits per heavy atom. The number of hydrogen-bond acceptors (Lipinski definition) is 6. The second-order valence-electron chi connectivity index (χ2n) is 8.58. The molecule has 0 fully saturated rings. The molecule has 8 heteroatoms. The number of aromatic nitrogens is 3. The Kier molecular flexibility index (Phi) is 5.96. The van der Waals surface area contributed by atoms with Crippen LogP contribution in [0.15, 0.2) is 22.7 Å². The van der Waals surface area contributed by atoms with Crippen LogP contribution < -0.4 is 0 Å². The molecule has 0 saturated carbocycles. The fourth-order valence-electron chi connectivity index (χ4n) is 4.59. The Labute approximate surface area is 195 Å². The Bertz CT molecular complexity index is 1100. The van der Waals surface area contributed by atoms with Crippen LogP contribution >= 0.6 is 34.4 Å². The van der Waals surface area contributed by atoms with Crippen molar-refractivity contribution in [2.24, 2.45) is 13.0 Å². The van der Waals surface area contributed by atoms with Crippen molar-refractivity contribution in [3.63, 3.8) is 0 Å². The fraction of sp³-hybridized carbons (Fsp3) is 0.522. The van der Waals surface area contributed by atoms with Crippen LogP contribution in [-0.4, -0.2) is 37.4 Å². The Morgan fingerprint density at radius 1 is 1.29 bits per heavy atom. The second-order valence-corrected chi connectivity index (χ2v) is 12.0. The molecule has 31 heavy (non-hydrogen) atoms. The number of nitrogens with zero attached hydrogens (tertiary/aromatic N) is 4. The van der Waals surface area contributed by atoms with Gasteiger partial charge in [0.2, 0.25) is 5.91 Å². The first kappa shape index (κ1) is 21.2. The van der Waals surface area contributed by atoms with Gasteiger partial charge in [0.25, 0.3) is 0 Å². The third-order valence-corrected chi connectivity index (χ3v) is 9.94. The largest absolute Gasteiger partial charge is 0.337 e. The number of thioether (sulfide) groups is 1. The molecule has 0 aromatic carbocycles. The monoisotopic (exact) mass is 472 g/mol. The lowest BCUT2D eigenvalue weighted by Crippen LogP contribution is -2.39. The molecule has 1 amide bonds. The molecular weight excluding hydrogens is 444 g/mol. The molecule has 5 nitrogen and oxygen atoms in total. The first-order chi connectivity index (χ1) is 15.0. The Balaban J connectivity index is 1.28. The molecule has 1 aliphatic heterocycles. The second kappa shape index (κ2) is 8.71. The van der Waals surface area contributed by atoms with E-state index in [0.29, 0.717) is 0 Å². The lowest BCUT2D eigenvalue weighted by atomic mass is 9.87. The lowest BCUT2D eigenvalue weighted by Gasteiger charge is -2.29. The Hall–Kier alpha value is -1.64. The van der Waals surface area contributed by atoms with Gasteiger partial charge >= 0.3 is 0 Å². The molecule has 3 aromatic heterocycles. The van der Waals surface area contributed by atoms with Crippen molar-refractivity contribution in [2.45, 2.75) is 62.9 Å². The van der Waals surface area contributed by atoms with Gasteiger partial charge in [-0.05, 0) is 67.2 Å². The summed E-state index contributed by atoms with van der Waals surface area (Å²) in [7, 11) is 2.01. The average molecular weight is 473 g/mol. The number of carbonyl (C=O) groups is 1. The van der Waals surface area contributed by atoms with Gasteiger partial charge in [-0.2, -0.15) is 0 Å². The molecule has 0 radical (unpaired) electrons. The zero-order valence-electron chi connectivity index (χ0n) is 18.3. The lowest BCUT2D eigenvalue weighted by molar-refractivity contribution is -0.131. The van der Waals surface area contributed by atoms with Crippen molar-refractivity contribution in [3.05, 3.63) is 38.4 Å². The maximum absolute atomic E-state index is 13.1. The van der Waals surface area contributed by atoms with Crippen LogP contribution in [0, 0.1) is 5.92 Å². The fourth-order valence-corrected chi connectivity index (χ4v) is 7.61. The van der Waals surface area contributed by atoms with E-state index < -0.39 is 0 Å². The summed E-state index contributed by atoms with van der Waals surface area (Å²) in [5.41, 5.74) is 2.80. The molecule has 0 spiro atoms. The van der Waals surface area contributed by atoms with E-state index in [2.05, 4.69) is 39.2 Å². The summed E-state index contributed by atoms with van der Waals surface area (Å²) in [5, 5.41) is 11.7. The molecular formula is C23H28N4OS3. The molecule has 2 aliphatic rings. The van der Waals surface area contributed by atoms with Crippen LogP contribution in [0.5, 0.6) is 0 Å². The molecule has 0 N–H and O–H groups in total. The number of thiophene rings is 2. The quantitative estimate of drug-likeness (QED) is 0.480. The van der Waals surface area contributed by atoms with Crippen molar-refractivity contribution < 1.29 is 4.79 Å². The van der Waals surface area contributed by atoms with Crippen molar-refractivity contribution in [1.82, 2.24) is 19.7 Å². The van der Waals surface area contributed by atoms with Gasteiger partial charge in [-0.1, -0.05) is 25.1 Å². The van der Waals surface area contributed by atoms with E-state index in [1.54, 1.807) is 11.3 Å². The number of rotatable bonds is 5. The van der Waals surface area contributed by atoms with Crippen LogP contribution in [0.2, 0.25) is 0 Å². The summed E-state index contributed by atoms with van der Waals surface area (Å²) in [6, 6.07) is 4.47. The van der Waals surface area contributed by atoms with E-state index in [-0.39, 0.29) is 11.2 Å². The van der Waals surface area contributed by atoms with Crippen molar-refractivity contribution >= 4 is 40.3 Å². The minimum atomic E-state index is -0.183. The van der Waals surface area contributed by atoms with Crippen LogP contribution in [0.1, 0.15) is 47.6 Å². The van der Waals surface area contributed by atoms with Crippen LogP contribution in [0.3, 0.4) is 0 Å². The first-order valence-electron chi connectivity index (χ1n) is 11.1. The number of aryl methyl sites for hydroxylation is 1. The van der Waals surface area contributed by atoms with E-state index in [9.17, 15) is 4.79 Å². The summed E-state index contributed by atoms with van der Waals surface area (Å²) >= 11 is 5.18. The summed E-state index contributed by atoms with van der Waals surface area (Å²) in [5.74, 6) is 1.91. The Morgan fingerprint density at radius 2 is 2.16 bits per heavy atom. The van der Waals surface area contributed by atoms with Crippen LogP contribution in [0.25, 0.3) is 10.7 Å². The highest BCUT2D eigenvalue weighted by molar-refractivity contribution is 8.00. The third kappa shape index (κ3) is 4.10. The topological polar surface area (TPSA) is 51.0 Å². The molecule has 1 aliphatic carbocycles. The third-order valence-electron chi connectivity index (χ3n) is 6.57. The van der Waals surface area contributed by atoms with Gasteiger partial charge in [-0.25, -0.2) is 0 Å². The molecule has 3 aromatic rings. The first-order valence-corrected chi connectivity index (χ1v) is 13.6. The van der Waals surface area contributed by atoms with Crippen LogP contribution in [-0.2, 0) is 37.6 Å². The molecule has 4 heterocycles. The van der Waals surface area contributed by atoms with Gasteiger partial charge in [0, 0.05) is 29.9 Å². The predicted molar refractivity (Wildman–Crippen MR) is 129 cm³/mol. The summed E-state index contributed by atoms with van der Waals surface area (Å²) in [6.07, 6.45) is 5.89. The van der Waals surface area contributed by atoms with Gasteiger partial charge in [0.15, 0.2) is 11.0 Å². The van der Waals surface area contributed by atoms with E-state index in [4.69, 9.17) is 0 Å².